The Hall–Kier alpha value is -1.44. The first-order chi connectivity index (χ1) is 9.15. The van der Waals surface area contributed by atoms with Crippen LogP contribution in [0.4, 0.5) is 4.39 Å². The van der Waals surface area contributed by atoms with Crippen molar-refractivity contribution in [3.05, 3.63) is 34.6 Å². The highest BCUT2D eigenvalue weighted by Crippen LogP contribution is 2.29. The molecule has 0 aromatic heterocycles. The lowest BCUT2D eigenvalue weighted by Crippen LogP contribution is -2.27. The van der Waals surface area contributed by atoms with E-state index in [9.17, 15) is 14.4 Å². The molecule has 3 nitrogen and oxygen atoms in total. The van der Waals surface area contributed by atoms with Crippen LogP contribution >= 0.6 is 11.6 Å². The Morgan fingerprint density at radius 1 is 1.47 bits per heavy atom. The zero-order valence-corrected chi connectivity index (χ0v) is 11.0. The zero-order valence-electron chi connectivity index (χ0n) is 10.2. The van der Waals surface area contributed by atoms with Crippen LogP contribution in [0.3, 0.4) is 0 Å². The summed E-state index contributed by atoms with van der Waals surface area (Å²) in [6.07, 6.45) is 1.17. The third-order valence-electron chi connectivity index (χ3n) is 3.33. The summed E-state index contributed by atoms with van der Waals surface area (Å²) >= 11 is 5.69. The summed E-state index contributed by atoms with van der Waals surface area (Å²) in [4.78, 5) is 12.3. The molecule has 1 aromatic rings. The van der Waals surface area contributed by atoms with Gasteiger partial charge in [0.1, 0.15) is 11.7 Å². The Morgan fingerprint density at radius 2 is 2.16 bits per heavy atom. The number of ketones is 1. The molecule has 0 N–H and O–H groups in total. The molecule has 1 aromatic carbocycles. The molecule has 1 aliphatic rings. The molecule has 19 heavy (non-hydrogen) atoms. The van der Waals surface area contributed by atoms with Gasteiger partial charge in [0.2, 0.25) is 0 Å². The molecule has 1 aliphatic heterocycles. The fraction of sp³-hybridized carbons (Fsp3) is 0.429. The predicted octanol–water partition coefficient (Wildman–Crippen LogP) is 3.08. The lowest BCUT2D eigenvalue weighted by atomic mass is 9.84. The molecular formula is C14H13ClFNO2. The highest BCUT2D eigenvalue weighted by Gasteiger charge is 2.31. The Bertz CT molecular complexity index is 521. The Balaban J connectivity index is 2.27. The Labute approximate surface area is 115 Å². The number of rotatable bonds is 3. The first-order valence-electron chi connectivity index (χ1n) is 6.10. The summed E-state index contributed by atoms with van der Waals surface area (Å²) in [6.45, 7) is 1.01. The number of halogens is 2. The van der Waals surface area contributed by atoms with Gasteiger partial charge < -0.3 is 4.74 Å². The van der Waals surface area contributed by atoms with Crippen molar-refractivity contribution in [2.24, 2.45) is 5.92 Å². The van der Waals surface area contributed by atoms with Crippen LogP contribution in [0.15, 0.2) is 18.2 Å². The van der Waals surface area contributed by atoms with Crippen LogP contribution < -0.4 is 0 Å². The summed E-state index contributed by atoms with van der Waals surface area (Å²) in [5, 5.41) is 9.11. The lowest BCUT2D eigenvalue weighted by molar-refractivity contribution is -0.126. The van der Waals surface area contributed by atoms with Gasteiger partial charge in [-0.25, -0.2) is 4.39 Å². The van der Waals surface area contributed by atoms with Gasteiger partial charge in [0.05, 0.1) is 11.1 Å². The molecule has 0 bridgehead atoms. The molecule has 0 amide bonds. The van der Waals surface area contributed by atoms with E-state index in [1.807, 2.05) is 6.07 Å². The summed E-state index contributed by atoms with van der Waals surface area (Å²) in [6, 6.07) is 6.27. The van der Waals surface area contributed by atoms with Crippen molar-refractivity contribution in [1.82, 2.24) is 0 Å². The molecule has 2 rings (SSSR count). The summed E-state index contributed by atoms with van der Waals surface area (Å²) in [7, 11) is 0. The molecule has 100 valence electrons. The first kappa shape index (κ1) is 14.0. The topological polar surface area (TPSA) is 50.1 Å². The molecule has 0 aliphatic carbocycles. The van der Waals surface area contributed by atoms with E-state index >= 15 is 0 Å². The number of carbonyl (C=O) groups excluding carboxylic acids is 1. The standard InChI is InChI=1S/C14H13ClFNO2/c15-12-3-1-2-10(13(12)16)11(8-17)14(18)9-4-6-19-7-5-9/h1-3,9,11H,4-7H2. The van der Waals surface area contributed by atoms with E-state index in [1.165, 1.54) is 12.1 Å². The first-order valence-corrected chi connectivity index (χ1v) is 6.48. The Morgan fingerprint density at radius 3 is 2.79 bits per heavy atom. The minimum Gasteiger partial charge on any atom is -0.381 e. The minimum absolute atomic E-state index is 0.0616. The molecule has 1 atom stereocenters. The van der Waals surface area contributed by atoms with Crippen molar-refractivity contribution in [3.8, 4) is 6.07 Å². The number of hydrogen-bond donors (Lipinski definition) is 0. The maximum atomic E-state index is 13.9. The third kappa shape index (κ3) is 2.94. The van der Waals surface area contributed by atoms with Crippen LogP contribution in [0, 0.1) is 23.1 Å². The highest BCUT2D eigenvalue weighted by molar-refractivity contribution is 6.30. The maximum Gasteiger partial charge on any atom is 0.157 e. The van der Waals surface area contributed by atoms with Crippen LogP contribution in [0.25, 0.3) is 0 Å². The van der Waals surface area contributed by atoms with Gasteiger partial charge in [-0.2, -0.15) is 5.26 Å². The van der Waals surface area contributed by atoms with E-state index in [0.29, 0.717) is 26.1 Å². The van der Waals surface area contributed by atoms with E-state index in [1.54, 1.807) is 6.07 Å². The fourth-order valence-corrected chi connectivity index (χ4v) is 2.43. The van der Waals surface area contributed by atoms with Crippen molar-refractivity contribution in [3.63, 3.8) is 0 Å². The monoisotopic (exact) mass is 281 g/mol. The van der Waals surface area contributed by atoms with Crippen molar-refractivity contribution in [1.29, 1.82) is 5.26 Å². The second-order valence-electron chi connectivity index (χ2n) is 4.49. The quantitative estimate of drug-likeness (QED) is 0.855. The van der Waals surface area contributed by atoms with Crippen molar-refractivity contribution >= 4 is 17.4 Å². The van der Waals surface area contributed by atoms with E-state index in [4.69, 9.17) is 16.3 Å². The van der Waals surface area contributed by atoms with Crippen LogP contribution in [0.1, 0.15) is 24.3 Å². The van der Waals surface area contributed by atoms with Gasteiger partial charge in [-0.3, -0.25) is 4.79 Å². The van der Waals surface area contributed by atoms with Crippen LogP contribution in [-0.4, -0.2) is 19.0 Å². The number of Topliss-reactive ketones (excluding diaryl/α,β-unsaturated/α-hetero) is 1. The number of ether oxygens (including phenoxy) is 1. The lowest BCUT2D eigenvalue weighted by Gasteiger charge is -2.23. The van der Waals surface area contributed by atoms with Gasteiger partial charge in [-0.05, 0) is 18.9 Å². The van der Waals surface area contributed by atoms with Gasteiger partial charge in [-0.1, -0.05) is 23.7 Å². The summed E-state index contributed by atoms with van der Waals surface area (Å²) in [5.74, 6) is -2.26. The van der Waals surface area contributed by atoms with Gasteiger partial charge in [0.25, 0.3) is 0 Å². The average Bonchev–Trinajstić information content (AvgIpc) is 2.45. The second kappa shape index (κ2) is 6.14. The van der Waals surface area contributed by atoms with Gasteiger partial charge in [-0.15, -0.1) is 0 Å². The molecule has 0 saturated carbocycles. The number of nitriles is 1. The molecular weight excluding hydrogens is 269 g/mol. The van der Waals surface area contributed by atoms with Gasteiger partial charge >= 0.3 is 0 Å². The van der Waals surface area contributed by atoms with E-state index in [0.717, 1.165) is 0 Å². The van der Waals surface area contributed by atoms with E-state index in [-0.39, 0.29) is 22.3 Å². The zero-order chi connectivity index (χ0) is 13.8. The van der Waals surface area contributed by atoms with E-state index < -0.39 is 11.7 Å². The smallest absolute Gasteiger partial charge is 0.157 e. The average molecular weight is 282 g/mol. The highest BCUT2D eigenvalue weighted by atomic mass is 35.5. The van der Waals surface area contributed by atoms with Crippen LogP contribution in [0.2, 0.25) is 5.02 Å². The van der Waals surface area contributed by atoms with Crippen LogP contribution in [0.5, 0.6) is 0 Å². The van der Waals surface area contributed by atoms with E-state index in [2.05, 4.69) is 0 Å². The molecule has 1 heterocycles. The van der Waals surface area contributed by atoms with Gasteiger partial charge in [0.15, 0.2) is 5.78 Å². The minimum atomic E-state index is -1.10. The molecule has 5 heteroatoms. The number of hydrogen-bond acceptors (Lipinski definition) is 3. The molecule has 0 spiro atoms. The molecule has 0 radical (unpaired) electrons. The second-order valence-corrected chi connectivity index (χ2v) is 4.90. The number of nitrogens with zero attached hydrogens (tertiary/aromatic N) is 1. The predicted molar refractivity (Wildman–Crippen MR) is 68.3 cm³/mol. The Kier molecular flexibility index (Phi) is 4.52. The molecule has 1 saturated heterocycles. The van der Waals surface area contributed by atoms with Crippen LogP contribution in [-0.2, 0) is 9.53 Å². The third-order valence-corrected chi connectivity index (χ3v) is 3.62. The summed E-state index contributed by atoms with van der Waals surface area (Å²) in [5.41, 5.74) is 0.0616. The molecule has 1 unspecified atom stereocenters. The normalized spacial score (nSPS) is 17.7. The SMILES string of the molecule is N#CC(C(=O)C1CCOCC1)c1cccc(Cl)c1F. The summed E-state index contributed by atoms with van der Waals surface area (Å²) < 4.78 is 19.1. The molecule has 1 fully saturated rings. The van der Waals surface area contributed by atoms with Gasteiger partial charge in [0, 0.05) is 24.7 Å². The number of benzene rings is 1. The maximum absolute atomic E-state index is 13.9. The van der Waals surface area contributed by atoms with Crippen molar-refractivity contribution in [2.45, 2.75) is 18.8 Å². The van der Waals surface area contributed by atoms with Crippen molar-refractivity contribution < 1.29 is 13.9 Å². The number of carbonyl (C=O) groups is 1. The van der Waals surface area contributed by atoms with Crippen molar-refractivity contribution in [2.75, 3.05) is 13.2 Å². The fourth-order valence-electron chi connectivity index (χ4n) is 2.25. The largest absolute Gasteiger partial charge is 0.381 e.